The number of methoxy groups -OCH3 is 1. The maximum atomic E-state index is 12.7. The molecule has 8 aliphatic rings. The molecular weight excluding hydrogens is 2240 g/mol. The SMILES string of the molecule is CO[C@H]1OC(COS(=O)(=O)[O-])[C@@H](O[C@H]2[CH-][C@H](O)[C@@H](O[C@@H]3OC(COS(=O)(=O)[O-])[C@@H](O[C@H]4[CH-][C@H](O)[C@@H](O[C@@H]5OC(COS[O-])[C@@H](O[C@H]6[CH-][C@H](O)[C@@H](O[C@@H]7OC(CO)[C@@H](O[C@H]8[CH-][C@H](O)[C@H](O)[CH-]O8)[C@H](O)C7NC(C)=O)[CH-]O6)[C@H](O)C5NC(C)=O)[CH-]O4)[C@H](O)C3NC(C)=O)[CH-]O2)[C@H](O)C1NC(C)=O.O=C=O.O=C=O.O=C=O.O=C=O.O=S(=O)([O-])O.O=S(=O)([O-])O.O=S(=O)([O-])O.O=S(=O)([O-])O.[Na+].[Na+].[Na+].[Na+].[Na+].[Na+].[Na+].[Na+].[Na+].[Na+].[Na+]. The molecule has 143 heavy (non-hydrogen) atoms. The van der Waals surface area contributed by atoms with Gasteiger partial charge in [0, 0.05) is 60.0 Å². The van der Waals surface area contributed by atoms with Crippen molar-refractivity contribution >= 4 is 123 Å². The first kappa shape index (κ1) is 173. The molecule has 0 bridgehead atoms. The topological polar surface area (TPSA) is 1080 Å². The van der Waals surface area contributed by atoms with Crippen molar-refractivity contribution in [3.8, 4) is 0 Å². The molecule has 0 aromatic carbocycles. The van der Waals surface area contributed by atoms with Crippen LogP contribution in [0.15, 0.2) is 0 Å². The van der Waals surface area contributed by atoms with Crippen molar-refractivity contribution in [2.24, 2.45) is 0 Å². The van der Waals surface area contributed by atoms with Crippen molar-refractivity contribution in [1.29, 1.82) is 0 Å². The van der Waals surface area contributed by atoms with Crippen LogP contribution in [-0.4, -0.2) is 430 Å². The summed E-state index contributed by atoms with van der Waals surface area (Å²) in [6, 6.07) is -6.24. The Labute approximate surface area is 1060 Å². The first-order valence-corrected chi connectivity index (χ1v) is 43.3. The number of nitrogens with one attached hydrogen (secondary N) is 4. The molecule has 0 spiro atoms. The molecule has 18 N–H and O–H groups in total. The van der Waals surface area contributed by atoms with Crippen LogP contribution < -0.4 is 346 Å². The second-order valence-corrected chi connectivity index (χ2v) is 31.1. The van der Waals surface area contributed by atoms with Crippen LogP contribution in [0.5, 0.6) is 0 Å². The largest absolute Gasteiger partial charge is 1.00 e. The van der Waals surface area contributed by atoms with Crippen LogP contribution in [0, 0.1) is 52.1 Å². The molecule has 32 atom stereocenters. The molecule has 8 rings (SSSR count). The minimum Gasteiger partial charge on any atom is -0.776 e. The van der Waals surface area contributed by atoms with Crippen molar-refractivity contribution in [1.82, 2.24) is 21.3 Å². The predicted molar refractivity (Wildman–Crippen MR) is 376 cm³/mol. The molecule has 8 unspecified atom stereocenters. The molecule has 8 saturated heterocycles. The molecule has 0 saturated carbocycles. The van der Waals surface area contributed by atoms with Crippen LogP contribution in [0.25, 0.3) is 0 Å². The fourth-order valence-electron chi connectivity index (χ4n) is 11.3. The van der Waals surface area contributed by atoms with Crippen LogP contribution in [0.2, 0.25) is 0 Å². The zero-order valence-electron chi connectivity index (χ0n) is 77.5. The molecular formula is C57H81N4Na11O64S7-4. The van der Waals surface area contributed by atoms with E-state index < -0.39 is 309 Å². The zero-order valence-corrected chi connectivity index (χ0v) is 105. The average molecular weight is 2320 g/mol. The summed E-state index contributed by atoms with van der Waals surface area (Å²) < 4.78 is 318. The molecule has 8 aliphatic heterocycles. The second kappa shape index (κ2) is 87.6. The molecule has 4 amide bonds. The summed E-state index contributed by atoms with van der Waals surface area (Å²) in [5, 5.41) is 120. The summed E-state index contributed by atoms with van der Waals surface area (Å²) in [6.07, 6.45) is -42.1. The van der Waals surface area contributed by atoms with Crippen LogP contribution in [-0.2, 0) is 208 Å². The Morgan fingerprint density at radius 2 is 0.545 bits per heavy atom. The number of ether oxygens (including phenoxy) is 16. The van der Waals surface area contributed by atoms with Crippen LogP contribution in [0.4, 0.5) is 0 Å². The number of carbonyl (C=O) groups is 4. The van der Waals surface area contributed by atoms with Gasteiger partial charge in [0.05, 0.1) is 26.4 Å². The molecule has 8 heterocycles. The van der Waals surface area contributed by atoms with Gasteiger partial charge in [-0.1, -0.05) is 24.4 Å². The van der Waals surface area contributed by atoms with E-state index in [4.69, 9.17) is 188 Å². The van der Waals surface area contributed by atoms with E-state index in [1.54, 1.807) is 0 Å². The number of aliphatic hydroxyl groups excluding tert-OH is 10. The van der Waals surface area contributed by atoms with Crippen molar-refractivity contribution < 1.29 is 623 Å². The zero-order chi connectivity index (χ0) is 102. The Bertz CT molecular complexity index is 4190. The van der Waals surface area contributed by atoms with Crippen molar-refractivity contribution in [3.63, 3.8) is 0 Å². The van der Waals surface area contributed by atoms with E-state index >= 15 is 0 Å². The maximum Gasteiger partial charge on any atom is 1.00 e. The first-order valence-electron chi connectivity index (χ1n) is 34.5. The molecule has 86 heteroatoms. The van der Waals surface area contributed by atoms with Gasteiger partial charge in [-0.15, -0.1) is 12.3 Å². The van der Waals surface area contributed by atoms with Crippen LogP contribution in [0.3, 0.4) is 0 Å². The average Bonchev–Trinajstić information content (AvgIpc) is 0.788. The molecule has 8 fully saturated rings. The Morgan fingerprint density at radius 1 is 0.343 bits per heavy atom. The fourth-order valence-corrected chi connectivity index (χ4v) is 12.1. The number of rotatable bonds is 29. The van der Waals surface area contributed by atoms with E-state index in [1.807, 2.05) is 0 Å². The molecule has 0 aliphatic carbocycles. The Hall–Kier alpha value is 4.85. The van der Waals surface area contributed by atoms with Gasteiger partial charge < -0.3 is 184 Å². The smallest absolute Gasteiger partial charge is 0.776 e. The summed E-state index contributed by atoms with van der Waals surface area (Å²) in [5.74, 6) is -3.02. The monoisotopic (exact) mass is 2320 g/mol. The van der Waals surface area contributed by atoms with Gasteiger partial charge in [-0.2, -0.15) is 64.8 Å². The number of aliphatic hydroxyl groups is 10. The molecule has 770 valence electrons. The number of carbonyl (C=O) groups excluding carboxylic acids is 12. The van der Waals surface area contributed by atoms with Gasteiger partial charge in [-0.3, -0.25) is 45.8 Å². The number of amides is 4. The third-order valence-corrected chi connectivity index (χ3v) is 16.9. The van der Waals surface area contributed by atoms with Crippen molar-refractivity contribution in [3.05, 3.63) is 52.1 Å². The summed E-state index contributed by atoms with van der Waals surface area (Å²) >= 11 is -0.382. The predicted octanol–water partition coefficient (Wildman–Crippen LogP) is -50.1. The van der Waals surface area contributed by atoms with E-state index in [0.29, 0.717) is 0 Å². The van der Waals surface area contributed by atoms with E-state index in [0.717, 1.165) is 86.9 Å². The van der Waals surface area contributed by atoms with Crippen molar-refractivity contribution in [2.75, 3.05) is 33.5 Å². The van der Waals surface area contributed by atoms with Crippen LogP contribution >= 0.6 is 12.3 Å². The normalized spacial score (nSPS) is 31.9. The van der Waals surface area contributed by atoms with Crippen molar-refractivity contribution in [2.45, 2.75) is 224 Å². The Morgan fingerprint density at radius 3 is 0.748 bits per heavy atom. The summed E-state index contributed by atoms with van der Waals surface area (Å²) in [7, 11) is -29.4. The van der Waals surface area contributed by atoms with Crippen LogP contribution in [0.1, 0.15) is 27.7 Å². The van der Waals surface area contributed by atoms with Gasteiger partial charge in [-0.25, -0.2) is 76.2 Å². The minimum atomic E-state index is -5.55. The standard InChI is InChI=1S/C53H80N4O40S3.4CO2.11Na.4H2O4S/c1-18(59)54-38-42(68)48(32(91-50(38)79-5)16-85-99(73,74)75)96-36-8-25(66)30(14-82-36)90-53-41(57-21(4)62)45(71)49(33(93-53)17-86-100(76,77)78)97-37-9-24(65)29(13-83-37)89-52-40(56-20(3)61)44(70)47(31(92-52)15-84-98-72)95-35-7-23(64)28(12-81-35)88-51-39(55-19(2)60)43(69)46(27(10-58)87-51)94-34-6-22(63)26(67)11-80-34;4*2-1-3;;;;;;;;;;;;4*1-5(2,3)4/h6-9,11-14,22-53,58,63-72H,10,15-17H2,1-5H3,(H,54,59)(H,55,60)(H,56,61)(H,57,62)(H,73,74,75)(H,76,77,78);;;;;;;;;;;;;;;;4*(H2,1,2,3,4)/q-8;;;;;11*+1;;;;/p-7/t22-,23-,24-,25-,26+,27?,28-,29-,30-,31?,32?,33?,34-,35-,36-,37-,38?,39?,40?,41?,42+,43+,44+,45+,46+,47+,48+,49+,50-,51-,52+,53+;;;;;;;;;;;;;;;;;;;/m0.................../s1. The summed E-state index contributed by atoms with van der Waals surface area (Å²) in [5.41, 5.74) is 0. The quantitative estimate of drug-likeness (QED) is 0.0109. The molecule has 0 aromatic heterocycles. The van der Waals surface area contributed by atoms with Gasteiger partial charge in [0.25, 0.3) is 0 Å². The second-order valence-electron chi connectivity index (χ2n) is 25.2. The van der Waals surface area contributed by atoms with Gasteiger partial charge in [0.1, 0.15) is 97.4 Å². The maximum absolute atomic E-state index is 12.7. The third kappa shape index (κ3) is 76.4. The first-order chi connectivity index (χ1) is 60.8. The van der Waals surface area contributed by atoms with E-state index in [-0.39, 0.29) is 362 Å². The van der Waals surface area contributed by atoms with E-state index in [2.05, 4.69) is 29.6 Å². The third-order valence-electron chi connectivity index (χ3n) is 15.8. The van der Waals surface area contributed by atoms with Gasteiger partial charge in [0.15, 0.2) is 25.2 Å². The Kier molecular flexibility index (Phi) is 106. The molecule has 68 nitrogen and oxygen atoms in total. The summed E-state index contributed by atoms with van der Waals surface area (Å²) in [4.78, 5) is 115. The number of hydrogen-bond acceptors (Lipinski definition) is 61. The fraction of sp³-hybridized carbons (Fsp3) is 0.719. The van der Waals surface area contributed by atoms with Gasteiger partial charge in [-0.05, 0) is 24.4 Å². The van der Waals surface area contributed by atoms with E-state index in [9.17, 15) is 101 Å². The molecule has 0 radical (unpaired) electrons. The van der Waals surface area contributed by atoms with E-state index in [1.165, 1.54) is 0 Å². The Balaban J connectivity index is -0.000000349. The van der Waals surface area contributed by atoms with Gasteiger partial charge in [0.2, 0.25) is 86.0 Å². The number of hydrogen-bond donors (Lipinski definition) is 18. The van der Waals surface area contributed by atoms with Gasteiger partial charge >= 0.3 is 350 Å². The summed E-state index contributed by atoms with van der Waals surface area (Å²) in [6.45, 7) is 3.84. The minimum absolute atomic E-state index is 0. The molecule has 0 aromatic rings.